The first kappa shape index (κ1) is 14.7. The maximum absolute atomic E-state index is 10.5. The fourth-order valence-electron chi connectivity index (χ4n) is 2.99. The number of hydrogen-bond acceptors (Lipinski definition) is 2. The van der Waals surface area contributed by atoms with Crippen LogP contribution in [0.1, 0.15) is 52.4 Å². The average Bonchev–Trinajstić information content (AvgIpc) is 2.26. The number of aliphatic hydroxyl groups is 1. The van der Waals surface area contributed by atoms with Crippen molar-refractivity contribution in [1.82, 2.24) is 4.90 Å². The number of hydrogen-bond donors (Lipinski definition) is 1. The molecule has 1 aliphatic rings. The van der Waals surface area contributed by atoms with Gasteiger partial charge < -0.3 is 10.0 Å². The molecule has 0 aromatic carbocycles. The lowest BCUT2D eigenvalue weighted by molar-refractivity contribution is -0.0422. The molecule has 100 valence electrons. The number of likely N-dealkylation sites (N-methyl/N-ethyl adjacent to an activating group) is 1. The van der Waals surface area contributed by atoms with Gasteiger partial charge in [-0.05, 0) is 65.5 Å². The molecule has 0 heterocycles. The Morgan fingerprint density at radius 2 is 1.94 bits per heavy atom. The van der Waals surface area contributed by atoms with E-state index in [1.54, 1.807) is 0 Å². The highest BCUT2D eigenvalue weighted by atomic mass is 16.3. The minimum atomic E-state index is -0.221. The third-order valence-electron chi connectivity index (χ3n) is 4.50. The van der Waals surface area contributed by atoms with Gasteiger partial charge in [-0.3, -0.25) is 0 Å². The predicted octanol–water partition coefficient (Wildman–Crippen LogP) is 3.21. The van der Waals surface area contributed by atoms with Crippen LogP contribution >= 0.6 is 0 Å². The zero-order valence-electron chi connectivity index (χ0n) is 12.0. The fraction of sp³-hybridized carbons (Fsp3) is 0.867. The van der Waals surface area contributed by atoms with Gasteiger partial charge in [0, 0.05) is 5.54 Å². The Balaban J connectivity index is 2.67. The first-order valence-electron chi connectivity index (χ1n) is 6.88. The van der Waals surface area contributed by atoms with Crippen LogP contribution in [0.5, 0.6) is 0 Å². The standard InChI is InChI=1S/C15H29NO/c1-12(2)6-7-14(17)15(16(4)5)10-8-13(3)9-11-15/h13-14,17H,1,6-11H2,2-5H3. The van der Waals surface area contributed by atoms with Crippen LogP contribution in [0, 0.1) is 5.92 Å². The van der Waals surface area contributed by atoms with E-state index in [4.69, 9.17) is 0 Å². The second-order valence-corrected chi connectivity index (χ2v) is 6.19. The zero-order chi connectivity index (χ0) is 13.1. The van der Waals surface area contributed by atoms with E-state index < -0.39 is 0 Å². The highest BCUT2D eigenvalue weighted by molar-refractivity contribution is 5.00. The van der Waals surface area contributed by atoms with Crippen molar-refractivity contribution in [2.24, 2.45) is 5.92 Å². The summed E-state index contributed by atoms with van der Waals surface area (Å²) in [6.07, 6.45) is 6.29. The Labute approximate surface area is 107 Å². The summed E-state index contributed by atoms with van der Waals surface area (Å²) in [4.78, 5) is 2.25. The topological polar surface area (TPSA) is 23.5 Å². The van der Waals surface area contributed by atoms with Crippen LogP contribution in [-0.2, 0) is 0 Å². The number of nitrogens with zero attached hydrogens (tertiary/aromatic N) is 1. The lowest BCUT2D eigenvalue weighted by Gasteiger charge is -2.47. The van der Waals surface area contributed by atoms with Crippen molar-refractivity contribution in [2.45, 2.75) is 64.0 Å². The van der Waals surface area contributed by atoms with Gasteiger partial charge in [-0.2, -0.15) is 0 Å². The Morgan fingerprint density at radius 1 is 1.41 bits per heavy atom. The quantitative estimate of drug-likeness (QED) is 0.745. The van der Waals surface area contributed by atoms with Crippen LogP contribution in [0.4, 0.5) is 0 Å². The van der Waals surface area contributed by atoms with E-state index >= 15 is 0 Å². The van der Waals surface area contributed by atoms with E-state index in [-0.39, 0.29) is 11.6 Å². The summed E-state index contributed by atoms with van der Waals surface area (Å²) < 4.78 is 0. The number of aliphatic hydroxyl groups excluding tert-OH is 1. The van der Waals surface area contributed by atoms with Crippen molar-refractivity contribution in [3.63, 3.8) is 0 Å². The van der Waals surface area contributed by atoms with E-state index in [2.05, 4.69) is 32.5 Å². The molecule has 1 fully saturated rings. The lowest BCUT2D eigenvalue weighted by atomic mass is 9.72. The molecular formula is C15H29NO. The van der Waals surface area contributed by atoms with Crippen molar-refractivity contribution in [1.29, 1.82) is 0 Å². The van der Waals surface area contributed by atoms with E-state index in [1.165, 1.54) is 18.4 Å². The van der Waals surface area contributed by atoms with Crippen molar-refractivity contribution in [3.8, 4) is 0 Å². The van der Waals surface area contributed by atoms with Gasteiger partial charge >= 0.3 is 0 Å². The molecule has 0 aromatic heterocycles. The summed E-state index contributed by atoms with van der Waals surface area (Å²) >= 11 is 0. The molecule has 0 spiro atoms. The Morgan fingerprint density at radius 3 is 2.35 bits per heavy atom. The highest BCUT2D eigenvalue weighted by Gasteiger charge is 2.41. The molecule has 1 aliphatic carbocycles. The molecule has 17 heavy (non-hydrogen) atoms. The molecule has 1 saturated carbocycles. The van der Waals surface area contributed by atoms with Crippen LogP contribution in [0.2, 0.25) is 0 Å². The molecular weight excluding hydrogens is 210 g/mol. The van der Waals surface area contributed by atoms with Gasteiger partial charge in [0.25, 0.3) is 0 Å². The molecule has 2 nitrogen and oxygen atoms in total. The lowest BCUT2D eigenvalue weighted by Crippen LogP contribution is -2.55. The maximum Gasteiger partial charge on any atom is 0.0726 e. The van der Waals surface area contributed by atoms with Crippen LogP contribution in [0.3, 0.4) is 0 Å². The number of allylic oxidation sites excluding steroid dienone is 1. The fourth-order valence-corrected chi connectivity index (χ4v) is 2.99. The van der Waals surface area contributed by atoms with Crippen LogP contribution in [-0.4, -0.2) is 35.7 Å². The van der Waals surface area contributed by atoms with E-state index in [9.17, 15) is 5.11 Å². The maximum atomic E-state index is 10.5. The average molecular weight is 239 g/mol. The first-order chi connectivity index (χ1) is 7.88. The van der Waals surface area contributed by atoms with E-state index in [0.717, 1.165) is 31.6 Å². The third-order valence-corrected chi connectivity index (χ3v) is 4.50. The highest BCUT2D eigenvalue weighted by Crippen LogP contribution is 2.39. The molecule has 0 saturated heterocycles. The van der Waals surface area contributed by atoms with Gasteiger partial charge in [0.1, 0.15) is 0 Å². The second-order valence-electron chi connectivity index (χ2n) is 6.19. The van der Waals surface area contributed by atoms with E-state index in [0.29, 0.717) is 0 Å². The minimum Gasteiger partial charge on any atom is -0.391 e. The van der Waals surface area contributed by atoms with Gasteiger partial charge in [-0.25, -0.2) is 0 Å². The Hall–Kier alpha value is -0.340. The molecule has 0 bridgehead atoms. The summed E-state index contributed by atoms with van der Waals surface area (Å²) in [6, 6.07) is 0. The Bertz CT molecular complexity index is 252. The van der Waals surface area contributed by atoms with Crippen molar-refractivity contribution >= 4 is 0 Å². The molecule has 0 aromatic rings. The van der Waals surface area contributed by atoms with Crippen LogP contribution < -0.4 is 0 Å². The molecule has 1 rings (SSSR count). The number of rotatable bonds is 5. The molecule has 1 atom stereocenters. The summed E-state index contributed by atoms with van der Waals surface area (Å²) in [6.45, 7) is 8.29. The SMILES string of the molecule is C=C(C)CCC(O)C1(N(C)C)CCC(C)CC1. The molecule has 1 unspecified atom stereocenters. The molecule has 1 N–H and O–H groups in total. The predicted molar refractivity (Wildman–Crippen MR) is 74.1 cm³/mol. The zero-order valence-corrected chi connectivity index (χ0v) is 12.0. The summed E-state index contributed by atoms with van der Waals surface area (Å²) in [5, 5.41) is 10.5. The van der Waals surface area contributed by atoms with Crippen LogP contribution in [0.15, 0.2) is 12.2 Å². The van der Waals surface area contributed by atoms with Crippen molar-refractivity contribution in [2.75, 3.05) is 14.1 Å². The second kappa shape index (κ2) is 6.01. The van der Waals surface area contributed by atoms with Gasteiger partial charge in [0.15, 0.2) is 0 Å². The summed E-state index contributed by atoms with van der Waals surface area (Å²) in [5.74, 6) is 0.816. The third kappa shape index (κ3) is 3.56. The first-order valence-corrected chi connectivity index (χ1v) is 6.88. The monoisotopic (exact) mass is 239 g/mol. The minimum absolute atomic E-state index is 0.00194. The van der Waals surface area contributed by atoms with Crippen LogP contribution in [0.25, 0.3) is 0 Å². The Kier molecular flexibility index (Phi) is 5.21. The summed E-state index contributed by atoms with van der Waals surface area (Å²) in [5.41, 5.74) is 1.17. The van der Waals surface area contributed by atoms with Gasteiger partial charge in [0.05, 0.1) is 6.10 Å². The molecule has 0 aliphatic heterocycles. The van der Waals surface area contributed by atoms with Gasteiger partial charge in [-0.15, -0.1) is 6.58 Å². The van der Waals surface area contributed by atoms with Gasteiger partial charge in [-0.1, -0.05) is 12.5 Å². The van der Waals surface area contributed by atoms with Crippen molar-refractivity contribution < 1.29 is 5.11 Å². The largest absolute Gasteiger partial charge is 0.391 e. The van der Waals surface area contributed by atoms with E-state index in [1.807, 2.05) is 6.92 Å². The normalized spacial score (nSPS) is 31.5. The summed E-state index contributed by atoms with van der Waals surface area (Å²) in [7, 11) is 4.22. The molecule has 0 amide bonds. The molecule has 2 heteroatoms. The smallest absolute Gasteiger partial charge is 0.0726 e. The van der Waals surface area contributed by atoms with Gasteiger partial charge in [0.2, 0.25) is 0 Å². The molecule has 0 radical (unpaired) electrons. The van der Waals surface area contributed by atoms with Crippen molar-refractivity contribution in [3.05, 3.63) is 12.2 Å².